The summed E-state index contributed by atoms with van der Waals surface area (Å²) in [4.78, 5) is 7.16. The molecule has 2 aromatic carbocycles. The average molecular weight is 445 g/mol. The zero-order valence-corrected chi connectivity index (χ0v) is 20.0. The van der Waals surface area contributed by atoms with Crippen LogP contribution in [-0.2, 0) is 23.1 Å². The van der Waals surface area contributed by atoms with Crippen molar-refractivity contribution in [3.63, 3.8) is 0 Å². The van der Waals surface area contributed by atoms with Crippen LogP contribution in [0.2, 0.25) is 0 Å². The highest BCUT2D eigenvalue weighted by Gasteiger charge is 2.19. The summed E-state index contributed by atoms with van der Waals surface area (Å²) in [5, 5.41) is 0. The van der Waals surface area contributed by atoms with E-state index in [1.165, 1.54) is 29.5 Å². The van der Waals surface area contributed by atoms with Gasteiger partial charge in [0.15, 0.2) is 0 Å². The molecule has 8 heteroatoms. The van der Waals surface area contributed by atoms with Crippen LogP contribution in [0.4, 0.5) is 0 Å². The lowest BCUT2D eigenvalue weighted by molar-refractivity contribution is 0.228. The minimum atomic E-state index is -3.49. The maximum absolute atomic E-state index is 12.5. The first-order chi connectivity index (χ1) is 14.6. The van der Waals surface area contributed by atoms with Crippen molar-refractivity contribution in [2.75, 3.05) is 34.3 Å². The Labute approximate surface area is 185 Å². The summed E-state index contributed by atoms with van der Waals surface area (Å²) in [7, 11) is 1.61. The number of sulfonamides is 1. The van der Waals surface area contributed by atoms with Gasteiger partial charge in [-0.2, -0.15) is 0 Å². The number of likely N-dealkylation sites (N-methyl/N-ethyl adjacent to an activating group) is 1. The van der Waals surface area contributed by atoms with E-state index in [1.807, 2.05) is 25.2 Å². The molecule has 0 fully saturated rings. The molecule has 0 saturated heterocycles. The molecular weight excluding hydrogens is 412 g/mol. The smallest absolute Gasteiger partial charge is 0.242 e. The SMILES string of the molecule is CCn1c(CN(C)CCOc2cc(C)cc(C)c2)nc2cc(S(=O)(=O)N(C)C)ccc21. The number of rotatable bonds is 9. The summed E-state index contributed by atoms with van der Waals surface area (Å²) in [6.45, 7) is 8.94. The van der Waals surface area contributed by atoms with Gasteiger partial charge in [0.25, 0.3) is 0 Å². The summed E-state index contributed by atoms with van der Waals surface area (Å²) < 4.78 is 34.2. The van der Waals surface area contributed by atoms with Crippen molar-refractivity contribution in [1.29, 1.82) is 0 Å². The summed E-state index contributed by atoms with van der Waals surface area (Å²) in [6.07, 6.45) is 0. The van der Waals surface area contributed by atoms with Crippen molar-refractivity contribution in [3.05, 3.63) is 53.3 Å². The van der Waals surface area contributed by atoms with Crippen LogP contribution in [0.25, 0.3) is 11.0 Å². The van der Waals surface area contributed by atoms with Crippen LogP contribution in [0.1, 0.15) is 23.9 Å². The topological polar surface area (TPSA) is 67.7 Å². The Kier molecular flexibility index (Phi) is 7.03. The fourth-order valence-electron chi connectivity index (χ4n) is 3.66. The van der Waals surface area contributed by atoms with Crippen LogP contribution in [-0.4, -0.2) is 61.5 Å². The van der Waals surface area contributed by atoms with Gasteiger partial charge in [0.05, 0.1) is 22.5 Å². The molecule has 0 aliphatic carbocycles. The molecule has 0 amide bonds. The third-order valence-corrected chi connectivity index (χ3v) is 7.05. The molecule has 31 heavy (non-hydrogen) atoms. The van der Waals surface area contributed by atoms with Crippen molar-refractivity contribution in [3.8, 4) is 5.75 Å². The van der Waals surface area contributed by atoms with E-state index < -0.39 is 10.0 Å². The number of fused-ring (bicyclic) bond motifs is 1. The fraction of sp³-hybridized carbons (Fsp3) is 0.435. The zero-order valence-electron chi connectivity index (χ0n) is 19.2. The molecule has 1 heterocycles. The minimum Gasteiger partial charge on any atom is -0.492 e. The van der Waals surface area contributed by atoms with Crippen LogP contribution in [0.3, 0.4) is 0 Å². The number of benzene rings is 2. The lowest BCUT2D eigenvalue weighted by atomic mass is 10.1. The number of hydrogen-bond acceptors (Lipinski definition) is 5. The van der Waals surface area contributed by atoms with Crippen LogP contribution in [0.15, 0.2) is 41.3 Å². The van der Waals surface area contributed by atoms with Crippen LogP contribution >= 0.6 is 0 Å². The molecule has 0 atom stereocenters. The minimum absolute atomic E-state index is 0.257. The molecule has 0 radical (unpaired) electrons. The Morgan fingerprint density at radius 1 is 1.03 bits per heavy atom. The monoisotopic (exact) mass is 444 g/mol. The van der Waals surface area contributed by atoms with Crippen molar-refractivity contribution in [2.24, 2.45) is 0 Å². The Morgan fingerprint density at radius 2 is 1.71 bits per heavy atom. The standard InChI is InChI=1S/C23H32N4O3S/c1-7-27-22-9-8-20(31(28,29)25(4)5)15-21(22)24-23(27)16-26(6)10-11-30-19-13-17(2)12-18(3)14-19/h8-9,12-15H,7,10-11,16H2,1-6H3. The average Bonchev–Trinajstić information content (AvgIpc) is 3.02. The molecule has 0 bridgehead atoms. The zero-order chi connectivity index (χ0) is 22.8. The quantitative estimate of drug-likeness (QED) is 0.506. The first-order valence-electron chi connectivity index (χ1n) is 10.4. The predicted molar refractivity (Wildman–Crippen MR) is 124 cm³/mol. The highest BCUT2D eigenvalue weighted by Crippen LogP contribution is 2.23. The van der Waals surface area contributed by atoms with Gasteiger partial charge in [0.1, 0.15) is 18.2 Å². The molecular formula is C23H32N4O3S. The van der Waals surface area contributed by atoms with Crippen molar-refractivity contribution >= 4 is 21.1 Å². The first-order valence-corrected chi connectivity index (χ1v) is 11.9. The predicted octanol–water partition coefficient (Wildman–Crippen LogP) is 3.43. The summed E-state index contributed by atoms with van der Waals surface area (Å²) >= 11 is 0. The number of nitrogens with zero attached hydrogens (tertiary/aromatic N) is 4. The molecule has 1 aromatic heterocycles. The highest BCUT2D eigenvalue weighted by molar-refractivity contribution is 7.89. The normalized spacial score (nSPS) is 12.3. The maximum Gasteiger partial charge on any atom is 0.242 e. The Hall–Kier alpha value is -2.42. The van der Waals surface area contributed by atoms with E-state index in [9.17, 15) is 8.42 Å². The van der Waals surface area contributed by atoms with E-state index in [2.05, 4.69) is 36.3 Å². The highest BCUT2D eigenvalue weighted by atomic mass is 32.2. The van der Waals surface area contributed by atoms with E-state index >= 15 is 0 Å². The van der Waals surface area contributed by atoms with Gasteiger partial charge in [0.2, 0.25) is 10.0 Å². The number of imidazole rings is 1. The second kappa shape index (κ2) is 9.38. The molecule has 168 valence electrons. The Morgan fingerprint density at radius 3 is 2.32 bits per heavy atom. The van der Waals surface area contributed by atoms with Crippen molar-refractivity contribution in [1.82, 2.24) is 18.8 Å². The second-order valence-corrected chi connectivity index (χ2v) is 10.3. The van der Waals surface area contributed by atoms with Gasteiger partial charge in [-0.3, -0.25) is 4.90 Å². The third-order valence-electron chi connectivity index (χ3n) is 5.24. The molecule has 3 aromatic rings. The van der Waals surface area contributed by atoms with Crippen molar-refractivity contribution in [2.45, 2.75) is 38.8 Å². The number of aromatic nitrogens is 2. The van der Waals surface area contributed by atoms with Gasteiger partial charge in [-0.15, -0.1) is 0 Å². The molecule has 0 aliphatic heterocycles. The lowest BCUT2D eigenvalue weighted by Gasteiger charge is -2.17. The molecule has 0 aliphatic rings. The lowest BCUT2D eigenvalue weighted by Crippen LogP contribution is -2.25. The summed E-state index contributed by atoms with van der Waals surface area (Å²) in [5.41, 5.74) is 4.01. The van der Waals surface area contributed by atoms with Gasteiger partial charge in [-0.1, -0.05) is 6.07 Å². The van der Waals surface area contributed by atoms with E-state index in [1.54, 1.807) is 12.1 Å². The number of hydrogen-bond donors (Lipinski definition) is 0. The Bertz CT molecular complexity index is 1150. The second-order valence-electron chi connectivity index (χ2n) is 8.12. The largest absolute Gasteiger partial charge is 0.492 e. The Balaban J connectivity index is 1.72. The van der Waals surface area contributed by atoms with Gasteiger partial charge in [0, 0.05) is 27.2 Å². The molecule has 0 spiro atoms. The maximum atomic E-state index is 12.5. The summed E-state index contributed by atoms with van der Waals surface area (Å²) in [5.74, 6) is 1.80. The van der Waals surface area contributed by atoms with Crippen LogP contribution in [0, 0.1) is 13.8 Å². The fourth-order valence-corrected chi connectivity index (χ4v) is 4.58. The van der Waals surface area contributed by atoms with Gasteiger partial charge in [-0.05, 0) is 69.3 Å². The molecule has 7 nitrogen and oxygen atoms in total. The molecule has 0 saturated carbocycles. The van der Waals surface area contributed by atoms with Crippen LogP contribution in [0.5, 0.6) is 5.75 Å². The van der Waals surface area contributed by atoms with Gasteiger partial charge in [-0.25, -0.2) is 17.7 Å². The van der Waals surface area contributed by atoms with E-state index in [0.29, 0.717) is 18.7 Å². The van der Waals surface area contributed by atoms with Gasteiger partial charge >= 0.3 is 0 Å². The van der Waals surface area contributed by atoms with Crippen molar-refractivity contribution < 1.29 is 13.2 Å². The van der Waals surface area contributed by atoms with E-state index in [-0.39, 0.29) is 4.90 Å². The first kappa shape index (κ1) is 23.2. The van der Waals surface area contributed by atoms with Gasteiger partial charge < -0.3 is 9.30 Å². The summed E-state index contributed by atoms with van der Waals surface area (Å²) in [6, 6.07) is 11.4. The molecule has 0 N–H and O–H groups in total. The number of aryl methyl sites for hydroxylation is 3. The van der Waals surface area contributed by atoms with E-state index in [0.717, 1.165) is 30.2 Å². The third kappa shape index (κ3) is 5.26. The van der Waals surface area contributed by atoms with E-state index in [4.69, 9.17) is 9.72 Å². The van der Waals surface area contributed by atoms with Crippen LogP contribution < -0.4 is 4.74 Å². The molecule has 3 rings (SSSR count). The molecule has 0 unspecified atom stereocenters. The number of ether oxygens (including phenoxy) is 1.